The molecule has 124 valence electrons. The Morgan fingerprint density at radius 2 is 1.56 bits per heavy atom. The summed E-state index contributed by atoms with van der Waals surface area (Å²) in [7, 11) is 0. The van der Waals surface area contributed by atoms with E-state index in [1.165, 1.54) is 5.56 Å². The van der Waals surface area contributed by atoms with Gasteiger partial charge in [0.25, 0.3) is 0 Å². The van der Waals surface area contributed by atoms with E-state index in [-0.39, 0.29) is 10.8 Å². The van der Waals surface area contributed by atoms with E-state index in [0.717, 1.165) is 16.3 Å². The molecular weight excluding hydrogens is 308 g/mol. The van der Waals surface area contributed by atoms with E-state index >= 15 is 0 Å². The van der Waals surface area contributed by atoms with Crippen molar-refractivity contribution in [3.8, 4) is 11.3 Å². The van der Waals surface area contributed by atoms with Gasteiger partial charge >= 0.3 is 0 Å². The Morgan fingerprint density at radius 3 is 2.28 bits per heavy atom. The fourth-order valence-electron chi connectivity index (χ4n) is 3.21. The predicted octanol–water partition coefficient (Wildman–Crippen LogP) is 5.91. The highest BCUT2D eigenvalue weighted by atomic mass is 16.3. The number of hydrogen-bond acceptors (Lipinski definition) is 2. The summed E-state index contributed by atoms with van der Waals surface area (Å²) in [5, 5.41) is 2.63. The second-order valence-corrected chi connectivity index (χ2v) is 7.46. The minimum atomic E-state index is -0.00653. The highest BCUT2D eigenvalue weighted by molar-refractivity contribution is 6.05. The van der Waals surface area contributed by atoms with Gasteiger partial charge < -0.3 is 4.42 Å². The largest absolute Gasteiger partial charge is 0.456 e. The molecule has 4 aromatic rings. The van der Waals surface area contributed by atoms with E-state index < -0.39 is 0 Å². The molecule has 0 aliphatic rings. The number of benzene rings is 3. The van der Waals surface area contributed by atoms with Crippen LogP contribution in [-0.2, 0) is 5.41 Å². The number of rotatable bonds is 1. The average Bonchev–Trinajstić information content (AvgIpc) is 2.60. The summed E-state index contributed by atoms with van der Waals surface area (Å²) in [5.74, 6) is 0.605. The molecule has 0 saturated carbocycles. The molecule has 0 radical (unpaired) electrons. The lowest BCUT2D eigenvalue weighted by atomic mass is 9.86. The molecule has 0 N–H and O–H groups in total. The average molecular weight is 328 g/mol. The SMILES string of the molecule is CC(C)(C)c1ccc(-c2cc(=O)c3c(ccc4ccccc43)o2)cc1. The molecule has 2 heteroatoms. The highest BCUT2D eigenvalue weighted by Gasteiger charge is 2.14. The Morgan fingerprint density at radius 1 is 0.840 bits per heavy atom. The van der Waals surface area contributed by atoms with Crippen LogP contribution >= 0.6 is 0 Å². The fraction of sp³-hybridized carbons (Fsp3) is 0.174. The molecule has 3 aromatic carbocycles. The first-order chi connectivity index (χ1) is 11.9. The summed E-state index contributed by atoms with van der Waals surface area (Å²) < 4.78 is 6.06. The van der Waals surface area contributed by atoms with E-state index in [4.69, 9.17) is 4.42 Å². The third-order valence-corrected chi connectivity index (χ3v) is 4.65. The molecule has 0 aliphatic carbocycles. The second kappa shape index (κ2) is 5.59. The van der Waals surface area contributed by atoms with Crippen molar-refractivity contribution in [2.24, 2.45) is 0 Å². The van der Waals surface area contributed by atoms with Crippen LogP contribution in [0.5, 0.6) is 0 Å². The van der Waals surface area contributed by atoms with Crippen LogP contribution in [0.2, 0.25) is 0 Å². The molecule has 1 aromatic heterocycles. The van der Waals surface area contributed by atoms with Crippen LogP contribution in [-0.4, -0.2) is 0 Å². The van der Waals surface area contributed by atoms with Crippen molar-refractivity contribution in [2.75, 3.05) is 0 Å². The van der Waals surface area contributed by atoms with Gasteiger partial charge in [0.05, 0.1) is 5.39 Å². The van der Waals surface area contributed by atoms with Crippen LogP contribution in [0.1, 0.15) is 26.3 Å². The molecule has 25 heavy (non-hydrogen) atoms. The maximum absolute atomic E-state index is 12.8. The van der Waals surface area contributed by atoms with Crippen molar-refractivity contribution in [1.29, 1.82) is 0 Å². The third-order valence-electron chi connectivity index (χ3n) is 4.65. The van der Waals surface area contributed by atoms with Crippen molar-refractivity contribution < 1.29 is 4.42 Å². The Labute approximate surface area is 146 Å². The monoisotopic (exact) mass is 328 g/mol. The molecule has 0 aliphatic heterocycles. The van der Waals surface area contributed by atoms with Crippen molar-refractivity contribution in [3.05, 3.63) is 82.5 Å². The zero-order chi connectivity index (χ0) is 17.6. The van der Waals surface area contributed by atoms with Gasteiger partial charge in [-0.1, -0.05) is 75.4 Å². The van der Waals surface area contributed by atoms with Gasteiger partial charge in [0.1, 0.15) is 11.3 Å². The van der Waals surface area contributed by atoms with Crippen LogP contribution in [0.3, 0.4) is 0 Å². The number of fused-ring (bicyclic) bond motifs is 3. The zero-order valence-electron chi connectivity index (χ0n) is 14.7. The van der Waals surface area contributed by atoms with Crippen LogP contribution in [0.25, 0.3) is 33.1 Å². The molecule has 4 rings (SSSR count). The molecule has 0 fully saturated rings. The molecule has 0 atom stereocenters. The van der Waals surface area contributed by atoms with Gasteiger partial charge in [0.15, 0.2) is 5.43 Å². The Kier molecular flexibility index (Phi) is 3.50. The summed E-state index contributed by atoms with van der Waals surface area (Å²) in [5.41, 5.74) is 2.89. The molecule has 2 nitrogen and oxygen atoms in total. The summed E-state index contributed by atoms with van der Waals surface area (Å²) >= 11 is 0. The van der Waals surface area contributed by atoms with Crippen molar-refractivity contribution in [1.82, 2.24) is 0 Å². The van der Waals surface area contributed by atoms with Crippen LogP contribution in [0, 0.1) is 0 Å². The third kappa shape index (κ3) is 2.74. The van der Waals surface area contributed by atoms with Gasteiger partial charge in [0, 0.05) is 11.6 Å². The smallest absolute Gasteiger partial charge is 0.193 e. The second-order valence-electron chi connectivity index (χ2n) is 7.46. The normalized spacial score (nSPS) is 12.0. The quantitative estimate of drug-likeness (QED) is 0.407. The topological polar surface area (TPSA) is 30.2 Å². The highest BCUT2D eigenvalue weighted by Crippen LogP contribution is 2.29. The van der Waals surface area contributed by atoms with Gasteiger partial charge in [-0.25, -0.2) is 0 Å². The molecule has 0 spiro atoms. The standard InChI is InChI=1S/C23H20O2/c1-23(2,3)17-11-8-16(9-12-17)21-14-19(24)22-18-7-5-4-6-15(18)10-13-20(22)25-21/h4-14H,1-3H3. The molecule has 0 saturated heterocycles. The first-order valence-electron chi connectivity index (χ1n) is 8.50. The van der Waals surface area contributed by atoms with Gasteiger partial charge in [-0.05, 0) is 27.8 Å². The van der Waals surface area contributed by atoms with E-state index in [1.807, 2.05) is 48.5 Å². The maximum Gasteiger partial charge on any atom is 0.193 e. The van der Waals surface area contributed by atoms with Crippen molar-refractivity contribution >= 4 is 21.7 Å². The molecule has 0 unspecified atom stereocenters. The fourth-order valence-corrected chi connectivity index (χ4v) is 3.21. The first-order valence-corrected chi connectivity index (χ1v) is 8.50. The van der Waals surface area contributed by atoms with Gasteiger partial charge in [0.2, 0.25) is 0 Å². The van der Waals surface area contributed by atoms with Crippen molar-refractivity contribution in [2.45, 2.75) is 26.2 Å². The van der Waals surface area contributed by atoms with Crippen LogP contribution in [0.15, 0.2) is 75.9 Å². The molecule has 1 heterocycles. The lowest BCUT2D eigenvalue weighted by molar-refractivity contribution is 0.589. The van der Waals surface area contributed by atoms with Gasteiger partial charge in [-0.2, -0.15) is 0 Å². The lowest BCUT2D eigenvalue weighted by Gasteiger charge is -2.19. The summed E-state index contributed by atoms with van der Waals surface area (Å²) in [6.07, 6.45) is 0. The van der Waals surface area contributed by atoms with E-state index in [1.54, 1.807) is 6.07 Å². The number of hydrogen-bond donors (Lipinski definition) is 0. The Hall–Kier alpha value is -2.87. The van der Waals surface area contributed by atoms with E-state index in [2.05, 4.69) is 32.9 Å². The summed E-state index contributed by atoms with van der Waals surface area (Å²) in [4.78, 5) is 12.8. The zero-order valence-corrected chi connectivity index (χ0v) is 14.7. The van der Waals surface area contributed by atoms with E-state index in [0.29, 0.717) is 16.7 Å². The maximum atomic E-state index is 12.8. The molecular formula is C23H20O2. The van der Waals surface area contributed by atoms with Crippen LogP contribution < -0.4 is 5.43 Å². The summed E-state index contributed by atoms with van der Waals surface area (Å²) in [6.45, 7) is 6.55. The van der Waals surface area contributed by atoms with E-state index in [9.17, 15) is 4.79 Å². The first kappa shape index (κ1) is 15.6. The Balaban J connectivity index is 1.89. The van der Waals surface area contributed by atoms with Crippen LogP contribution in [0.4, 0.5) is 0 Å². The minimum absolute atomic E-state index is 0.00653. The minimum Gasteiger partial charge on any atom is -0.456 e. The van der Waals surface area contributed by atoms with Crippen molar-refractivity contribution in [3.63, 3.8) is 0 Å². The van der Waals surface area contributed by atoms with Gasteiger partial charge in [-0.3, -0.25) is 4.79 Å². The lowest BCUT2D eigenvalue weighted by Crippen LogP contribution is -2.10. The summed E-state index contributed by atoms with van der Waals surface area (Å²) in [6, 6.07) is 21.6. The molecule has 0 bridgehead atoms. The predicted molar refractivity (Wildman–Crippen MR) is 104 cm³/mol. The molecule has 0 amide bonds. The van der Waals surface area contributed by atoms with Gasteiger partial charge in [-0.15, -0.1) is 0 Å². The Bertz CT molecular complexity index is 1130.